The molecule has 0 unspecified atom stereocenters. The Bertz CT molecular complexity index is 785. The van der Waals surface area contributed by atoms with Crippen molar-refractivity contribution in [2.75, 3.05) is 5.32 Å². The SMILES string of the molecule is O=[N+]([O-])c1ccc(Nc2ccc(N=C=S)cc2)c([N+](=O)[O-])c1. The molecule has 0 spiro atoms. The van der Waals surface area contributed by atoms with Gasteiger partial charge in [0.2, 0.25) is 0 Å². The van der Waals surface area contributed by atoms with Gasteiger partial charge in [-0.1, -0.05) is 0 Å². The van der Waals surface area contributed by atoms with Gasteiger partial charge in [0.1, 0.15) is 5.69 Å². The molecule has 0 aliphatic rings. The molecule has 0 atom stereocenters. The first-order chi connectivity index (χ1) is 10.5. The second kappa shape index (κ2) is 6.53. The number of benzene rings is 2. The Labute approximate surface area is 129 Å². The van der Waals surface area contributed by atoms with Crippen LogP contribution in [0.2, 0.25) is 0 Å². The van der Waals surface area contributed by atoms with Crippen molar-refractivity contribution < 1.29 is 9.85 Å². The number of nitro benzene ring substituents is 2. The van der Waals surface area contributed by atoms with Crippen LogP contribution >= 0.6 is 12.2 Å². The second-order valence-corrected chi connectivity index (χ2v) is 4.27. The number of anilines is 2. The Hall–Kier alpha value is -3.16. The van der Waals surface area contributed by atoms with E-state index in [1.807, 2.05) is 0 Å². The van der Waals surface area contributed by atoms with Crippen LogP contribution in [0.25, 0.3) is 0 Å². The lowest BCUT2D eigenvalue weighted by atomic mass is 10.2. The molecular weight excluding hydrogens is 308 g/mol. The maximum atomic E-state index is 11.0. The molecule has 0 fully saturated rings. The van der Waals surface area contributed by atoms with E-state index in [4.69, 9.17) is 0 Å². The van der Waals surface area contributed by atoms with Gasteiger partial charge in [0.15, 0.2) is 0 Å². The van der Waals surface area contributed by atoms with Crippen molar-refractivity contribution in [3.63, 3.8) is 0 Å². The summed E-state index contributed by atoms with van der Waals surface area (Å²) in [4.78, 5) is 24.1. The summed E-state index contributed by atoms with van der Waals surface area (Å²) in [5.41, 5.74) is 0.596. The molecule has 0 bridgehead atoms. The Kier molecular flexibility index (Phi) is 4.52. The molecule has 1 N–H and O–H groups in total. The molecule has 22 heavy (non-hydrogen) atoms. The van der Waals surface area contributed by atoms with Crippen molar-refractivity contribution in [2.24, 2.45) is 4.99 Å². The third kappa shape index (κ3) is 3.48. The largest absolute Gasteiger partial charge is 0.350 e. The van der Waals surface area contributed by atoms with Gasteiger partial charge in [-0.2, -0.15) is 4.99 Å². The number of hydrogen-bond donors (Lipinski definition) is 1. The zero-order valence-corrected chi connectivity index (χ0v) is 11.7. The van der Waals surface area contributed by atoms with Gasteiger partial charge < -0.3 is 5.32 Å². The highest BCUT2D eigenvalue weighted by Gasteiger charge is 2.19. The van der Waals surface area contributed by atoms with Gasteiger partial charge in [0.25, 0.3) is 11.4 Å². The quantitative estimate of drug-likeness (QED) is 0.386. The van der Waals surface area contributed by atoms with Crippen molar-refractivity contribution in [3.05, 3.63) is 62.7 Å². The number of nitrogens with zero attached hydrogens (tertiary/aromatic N) is 3. The average molecular weight is 316 g/mol. The van der Waals surface area contributed by atoms with Crippen LogP contribution in [-0.2, 0) is 0 Å². The van der Waals surface area contributed by atoms with E-state index in [0.29, 0.717) is 11.4 Å². The summed E-state index contributed by atoms with van der Waals surface area (Å²) in [5, 5.41) is 26.8. The Morgan fingerprint density at radius 3 is 2.27 bits per heavy atom. The Morgan fingerprint density at radius 2 is 1.73 bits per heavy atom. The topological polar surface area (TPSA) is 111 Å². The van der Waals surface area contributed by atoms with E-state index in [1.165, 1.54) is 12.1 Å². The number of rotatable bonds is 5. The molecule has 0 aromatic heterocycles. The lowest BCUT2D eigenvalue weighted by Crippen LogP contribution is -1.98. The van der Waals surface area contributed by atoms with Crippen molar-refractivity contribution in [3.8, 4) is 0 Å². The fourth-order valence-electron chi connectivity index (χ4n) is 1.72. The fraction of sp³-hybridized carbons (Fsp3) is 0. The molecule has 0 radical (unpaired) electrons. The van der Waals surface area contributed by atoms with Crippen molar-refractivity contribution >= 4 is 45.8 Å². The molecule has 2 aromatic rings. The number of hydrogen-bond acceptors (Lipinski definition) is 7. The summed E-state index contributed by atoms with van der Waals surface area (Å²) in [6.45, 7) is 0. The summed E-state index contributed by atoms with van der Waals surface area (Å²) < 4.78 is 0. The maximum Gasteiger partial charge on any atom is 0.299 e. The third-order valence-electron chi connectivity index (χ3n) is 2.71. The standard InChI is InChI=1S/C13H8N4O4S/c18-16(19)11-5-6-12(13(7-11)17(20)21)15-10-3-1-9(2-4-10)14-8-22/h1-7,15H. The second-order valence-electron chi connectivity index (χ2n) is 4.09. The summed E-state index contributed by atoms with van der Waals surface area (Å²) in [6.07, 6.45) is 0. The Morgan fingerprint density at radius 1 is 1.05 bits per heavy atom. The van der Waals surface area contributed by atoms with Crippen LogP contribution in [-0.4, -0.2) is 15.0 Å². The fourth-order valence-corrected chi connectivity index (χ4v) is 1.82. The molecule has 8 nitrogen and oxygen atoms in total. The van der Waals surface area contributed by atoms with Gasteiger partial charge in [0.05, 0.1) is 26.8 Å². The summed E-state index contributed by atoms with van der Waals surface area (Å²) >= 11 is 4.49. The van der Waals surface area contributed by atoms with Crippen LogP contribution in [0, 0.1) is 20.2 Å². The number of nitrogens with one attached hydrogen (secondary N) is 1. The van der Waals surface area contributed by atoms with Gasteiger partial charge in [-0.25, -0.2) is 0 Å². The van der Waals surface area contributed by atoms with E-state index in [0.717, 1.165) is 6.07 Å². The van der Waals surface area contributed by atoms with Crippen molar-refractivity contribution in [2.45, 2.75) is 0 Å². The molecule has 110 valence electrons. The number of non-ortho nitro benzene ring substituents is 1. The van der Waals surface area contributed by atoms with Crippen LogP contribution in [0.15, 0.2) is 47.5 Å². The highest BCUT2D eigenvalue weighted by Crippen LogP contribution is 2.31. The van der Waals surface area contributed by atoms with Crippen molar-refractivity contribution in [1.82, 2.24) is 0 Å². The first-order valence-electron chi connectivity index (χ1n) is 5.89. The highest BCUT2D eigenvalue weighted by atomic mass is 32.1. The number of thiocarbonyl (C=S) groups is 1. The zero-order chi connectivity index (χ0) is 16.1. The minimum absolute atomic E-state index is 0.154. The van der Waals surface area contributed by atoms with E-state index in [1.54, 1.807) is 24.3 Å². The molecule has 0 amide bonds. The minimum atomic E-state index is -0.686. The first kappa shape index (κ1) is 15.2. The average Bonchev–Trinajstić information content (AvgIpc) is 2.49. The van der Waals surface area contributed by atoms with Crippen LogP contribution in [0.3, 0.4) is 0 Å². The molecule has 9 heteroatoms. The molecule has 0 saturated carbocycles. The molecule has 2 aromatic carbocycles. The van der Waals surface area contributed by atoms with Crippen LogP contribution in [0.5, 0.6) is 0 Å². The normalized spacial score (nSPS) is 9.64. The van der Waals surface area contributed by atoms with E-state index in [-0.39, 0.29) is 17.1 Å². The van der Waals surface area contributed by atoms with Crippen molar-refractivity contribution in [1.29, 1.82) is 0 Å². The lowest BCUT2D eigenvalue weighted by molar-refractivity contribution is -0.393. The molecule has 0 aliphatic heterocycles. The Balaban J connectivity index is 2.34. The van der Waals surface area contributed by atoms with Crippen LogP contribution in [0.1, 0.15) is 0 Å². The predicted octanol–water partition coefficient (Wildman–Crippen LogP) is 3.98. The molecule has 0 saturated heterocycles. The molecule has 2 rings (SSSR count). The number of aliphatic imine (C=N–C) groups is 1. The van der Waals surface area contributed by atoms with Gasteiger partial charge in [-0.05, 0) is 42.5 Å². The lowest BCUT2D eigenvalue weighted by Gasteiger charge is -2.07. The number of nitro groups is 2. The van der Waals surface area contributed by atoms with Gasteiger partial charge in [0, 0.05) is 11.8 Å². The van der Waals surface area contributed by atoms with E-state index < -0.39 is 9.85 Å². The molecular formula is C13H8N4O4S. The third-order valence-corrected chi connectivity index (χ3v) is 2.80. The van der Waals surface area contributed by atoms with E-state index in [2.05, 4.69) is 27.7 Å². The van der Waals surface area contributed by atoms with Gasteiger partial charge in [-0.3, -0.25) is 20.2 Å². The molecule has 0 heterocycles. The van der Waals surface area contributed by atoms with E-state index in [9.17, 15) is 20.2 Å². The first-order valence-corrected chi connectivity index (χ1v) is 6.30. The molecule has 0 aliphatic carbocycles. The maximum absolute atomic E-state index is 11.0. The van der Waals surface area contributed by atoms with Crippen LogP contribution in [0.4, 0.5) is 28.4 Å². The smallest absolute Gasteiger partial charge is 0.299 e. The van der Waals surface area contributed by atoms with E-state index >= 15 is 0 Å². The zero-order valence-electron chi connectivity index (χ0n) is 10.9. The summed E-state index contributed by atoms with van der Waals surface area (Å²) in [5.74, 6) is 0. The summed E-state index contributed by atoms with van der Waals surface area (Å²) in [7, 11) is 0. The predicted molar refractivity (Wildman–Crippen MR) is 84.2 cm³/mol. The monoisotopic (exact) mass is 316 g/mol. The minimum Gasteiger partial charge on any atom is -0.350 e. The highest BCUT2D eigenvalue weighted by molar-refractivity contribution is 7.78. The van der Waals surface area contributed by atoms with Gasteiger partial charge >= 0.3 is 0 Å². The number of isothiocyanates is 1. The summed E-state index contributed by atoms with van der Waals surface area (Å²) in [6, 6.07) is 10.00. The van der Waals surface area contributed by atoms with Crippen LogP contribution < -0.4 is 5.32 Å². The van der Waals surface area contributed by atoms with Gasteiger partial charge in [-0.15, -0.1) is 0 Å².